The lowest BCUT2D eigenvalue weighted by Crippen LogP contribution is -2.15. The standard InChI is InChI=1S/C12H12F3N3S/c1-2-16-7-9-10(12(13,14)15)18-11(19-9)8-5-3-4-6-17-8/h3-6,16H,2,7H2,1H3. The summed E-state index contributed by atoms with van der Waals surface area (Å²) in [7, 11) is 0. The van der Waals surface area contributed by atoms with Crippen LogP contribution >= 0.6 is 11.3 Å². The molecule has 0 saturated heterocycles. The fourth-order valence-electron chi connectivity index (χ4n) is 1.53. The maximum Gasteiger partial charge on any atom is 0.434 e. The van der Waals surface area contributed by atoms with Crippen molar-refractivity contribution in [2.75, 3.05) is 6.54 Å². The fourth-order valence-corrected chi connectivity index (χ4v) is 2.56. The van der Waals surface area contributed by atoms with E-state index < -0.39 is 11.9 Å². The Hall–Kier alpha value is -1.47. The van der Waals surface area contributed by atoms with E-state index in [-0.39, 0.29) is 11.4 Å². The van der Waals surface area contributed by atoms with Crippen molar-refractivity contribution in [2.45, 2.75) is 19.6 Å². The minimum Gasteiger partial charge on any atom is -0.312 e. The molecule has 0 aromatic carbocycles. The van der Waals surface area contributed by atoms with E-state index in [4.69, 9.17) is 0 Å². The molecule has 0 aliphatic heterocycles. The molecule has 3 nitrogen and oxygen atoms in total. The normalized spacial score (nSPS) is 11.8. The van der Waals surface area contributed by atoms with Crippen molar-refractivity contribution in [2.24, 2.45) is 0 Å². The van der Waals surface area contributed by atoms with Crippen LogP contribution in [0.4, 0.5) is 13.2 Å². The van der Waals surface area contributed by atoms with Gasteiger partial charge in [0, 0.05) is 12.7 Å². The number of nitrogens with one attached hydrogen (secondary N) is 1. The molecule has 7 heteroatoms. The monoisotopic (exact) mass is 287 g/mol. The van der Waals surface area contributed by atoms with Crippen molar-refractivity contribution in [3.63, 3.8) is 0 Å². The number of pyridine rings is 1. The number of thiazole rings is 1. The largest absolute Gasteiger partial charge is 0.434 e. The summed E-state index contributed by atoms with van der Waals surface area (Å²) in [5, 5.41) is 3.18. The Morgan fingerprint density at radius 2 is 2.11 bits per heavy atom. The SMILES string of the molecule is CCNCc1sc(-c2ccccn2)nc1C(F)(F)F. The molecule has 0 amide bonds. The van der Waals surface area contributed by atoms with E-state index in [2.05, 4.69) is 15.3 Å². The second-order valence-electron chi connectivity index (χ2n) is 3.78. The van der Waals surface area contributed by atoms with Gasteiger partial charge in [0.05, 0.1) is 10.6 Å². The highest BCUT2D eigenvalue weighted by atomic mass is 32.1. The number of hydrogen-bond acceptors (Lipinski definition) is 4. The summed E-state index contributed by atoms with van der Waals surface area (Å²) in [5.41, 5.74) is -0.361. The van der Waals surface area contributed by atoms with E-state index in [1.54, 1.807) is 18.2 Å². The molecule has 2 heterocycles. The zero-order valence-corrected chi connectivity index (χ0v) is 11.0. The Morgan fingerprint density at radius 1 is 1.32 bits per heavy atom. The van der Waals surface area contributed by atoms with Crippen LogP contribution in [0.25, 0.3) is 10.7 Å². The molecule has 0 spiro atoms. The molecule has 0 bridgehead atoms. The maximum absolute atomic E-state index is 12.9. The van der Waals surface area contributed by atoms with Crippen LogP contribution in [-0.4, -0.2) is 16.5 Å². The van der Waals surface area contributed by atoms with Gasteiger partial charge in [-0.25, -0.2) is 4.98 Å². The van der Waals surface area contributed by atoms with E-state index in [0.29, 0.717) is 17.2 Å². The Labute approximate surface area is 112 Å². The number of hydrogen-bond donors (Lipinski definition) is 1. The van der Waals surface area contributed by atoms with E-state index in [0.717, 1.165) is 11.3 Å². The van der Waals surface area contributed by atoms with Gasteiger partial charge in [-0.1, -0.05) is 13.0 Å². The molecule has 2 aromatic rings. The number of rotatable bonds is 4. The molecule has 2 aromatic heterocycles. The van der Waals surface area contributed by atoms with Crippen LogP contribution < -0.4 is 5.32 Å². The number of nitrogens with zero attached hydrogens (tertiary/aromatic N) is 2. The molecule has 0 atom stereocenters. The van der Waals surface area contributed by atoms with Gasteiger partial charge in [-0.2, -0.15) is 13.2 Å². The average molecular weight is 287 g/mol. The third kappa shape index (κ3) is 3.30. The topological polar surface area (TPSA) is 37.8 Å². The van der Waals surface area contributed by atoms with E-state index in [1.807, 2.05) is 6.92 Å². The van der Waals surface area contributed by atoms with E-state index in [1.165, 1.54) is 6.20 Å². The van der Waals surface area contributed by atoms with Gasteiger partial charge in [-0.15, -0.1) is 11.3 Å². The van der Waals surface area contributed by atoms with Gasteiger partial charge in [-0.3, -0.25) is 4.98 Å². The minimum absolute atomic E-state index is 0.163. The van der Waals surface area contributed by atoms with Gasteiger partial charge in [0.25, 0.3) is 0 Å². The van der Waals surface area contributed by atoms with Gasteiger partial charge in [0.1, 0.15) is 5.01 Å². The summed E-state index contributed by atoms with van der Waals surface area (Å²) in [5.74, 6) is 0. The van der Waals surface area contributed by atoms with Gasteiger partial charge in [0.2, 0.25) is 0 Å². The summed E-state index contributed by atoms with van der Waals surface area (Å²) in [6.45, 7) is 2.61. The van der Waals surface area contributed by atoms with Gasteiger partial charge in [-0.05, 0) is 18.7 Å². The lowest BCUT2D eigenvalue weighted by molar-refractivity contribution is -0.141. The van der Waals surface area contributed by atoms with Crippen molar-refractivity contribution >= 4 is 11.3 Å². The lowest BCUT2D eigenvalue weighted by atomic mass is 10.3. The first-order chi connectivity index (χ1) is 9.02. The highest BCUT2D eigenvalue weighted by Gasteiger charge is 2.37. The smallest absolute Gasteiger partial charge is 0.312 e. The van der Waals surface area contributed by atoms with Crippen LogP contribution in [0.15, 0.2) is 24.4 Å². The van der Waals surface area contributed by atoms with Crippen molar-refractivity contribution in [1.82, 2.24) is 15.3 Å². The average Bonchev–Trinajstić information content (AvgIpc) is 2.81. The Morgan fingerprint density at radius 3 is 2.68 bits per heavy atom. The van der Waals surface area contributed by atoms with Crippen molar-refractivity contribution in [3.8, 4) is 10.7 Å². The Kier molecular flexibility index (Phi) is 4.16. The summed E-state index contributed by atoms with van der Waals surface area (Å²) < 4.78 is 38.7. The van der Waals surface area contributed by atoms with Crippen LogP contribution in [0.5, 0.6) is 0 Å². The first-order valence-corrected chi connectivity index (χ1v) is 6.53. The molecule has 1 N–H and O–H groups in total. The number of aromatic nitrogens is 2. The van der Waals surface area contributed by atoms with Gasteiger partial charge in [0.15, 0.2) is 5.69 Å². The second kappa shape index (κ2) is 5.66. The van der Waals surface area contributed by atoms with E-state index in [9.17, 15) is 13.2 Å². The molecule has 2 rings (SSSR count). The molecule has 0 fully saturated rings. The van der Waals surface area contributed by atoms with Crippen LogP contribution in [0.1, 0.15) is 17.5 Å². The Balaban J connectivity index is 2.40. The maximum atomic E-state index is 12.9. The highest BCUT2D eigenvalue weighted by Crippen LogP contribution is 2.37. The molecular weight excluding hydrogens is 275 g/mol. The molecular formula is C12H12F3N3S. The summed E-state index contributed by atoms with van der Waals surface area (Å²) in [6.07, 6.45) is -2.90. The van der Waals surface area contributed by atoms with Gasteiger partial charge >= 0.3 is 6.18 Å². The summed E-state index contributed by atoms with van der Waals surface area (Å²) >= 11 is 1.02. The molecule has 0 aliphatic rings. The number of halogens is 3. The molecule has 19 heavy (non-hydrogen) atoms. The number of alkyl halides is 3. The van der Waals surface area contributed by atoms with Crippen molar-refractivity contribution in [1.29, 1.82) is 0 Å². The fraction of sp³-hybridized carbons (Fsp3) is 0.333. The molecule has 0 unspecified atom stereocenters. The molecule has 0 saturated carbocycles. The summed E-state index contributed by atoms with van der Waals surface area (Å²) in [6, 6.07) is 5.08. The first-order valence-electron chi connectivity index (χ1n) is 5.71. The predicted molar refractivity (Wildman–Crippen MR) is 67.7 cm³/mol. The zero-order chi connectivity index (χ0) is 13.9. The second-order valence-corrected chi connectivity index (χ2v) is 4.87. The minimum atomic E-state index is -4.44. The third-order valence-corrected chi connectivity index (χ3v) is 3.46. The van der Waals surface area contributed by atoms with Crippen LogP contribution in [0, 0.1) is 0 Å². The van der Waals surface area contributed by atoms with Crippen molar-refractivity contribution in [3.05, 3.63) is 35.0 Å². The molecule has 102 valence electrons. The van der Waals surface area contributed by atoms with Crippen LogP contribution in [0.3, 0.4) is 0 Å². The summed E-state index contributed by atoms with van der Waals surface area (Å²) in [4.78, 5) is 7.91. The quantitative estimate of drug-likeness (QED) is 0.937. The van der Waals surface area contributed by atoms with Crippen LogP contribution in [-0.2, 0) is 12.7 Å². The predicted octanol–water partition coefficient (Wildman–Crippen LogP) is 3.33. The van der Waals surface area contributed by atoms with E-state index >= 15 is 0 Å². The molecule has 0 aliphatic carbocycles. The zero-order valence-electron chi connectivity index (χ0n) is 10.2. The first kappa shape index (κ1) is 14.0. The molecule has 0 radical (unpaired) electrons. The Bertz CT molecular complexity index is 537. The highest BCUT2D eigenvalue weighted by molar-refractivity contribution is 7.15. The lowest BCUT2D eigenvalue weighted by Gasteiger charge is -2.05. The third-order valence-electron chi connectivity index (χ3n) is 2.39. The van der Waals surface area contributed by atoms with Crippen molar-refractivity contribution < 1.29 is 13.2 Å². The van der Waals surface area contributed by atoms with Crippen LogP contribution in [0.2, 0.25) is 0 Å². The van der Waals surface area contributed by atoms with Gasteiger partial charge < -0.3 is 5.32 Å².